The normalized spacial score (nSPS) is 18.1. The first-order chi connectivity index (χ1) is 24.9. The summed E-state index contributed by atoms with van der Waals surface area (Å²) in [5.41, 5.74) is 2.18. The van der Waals surface area contributed by atoms with Gasteiger partial charge < -0.3 is 40.5 Å². The fourth-order valence-corrected chi connectivity index (χ4v) is 6.13. The summed E-state index contributed by atoms with van der Waals surface area (Å²) < 4.78 is 9.23. The zero-order valence-corrected chi connectivity index (χ0v) is 30.2. The lowest BCUT2D eigenvalue weighted by Crippen LogP contribution is -2.54. The van der Waals surface area contributed by atoms with Crippen LogP contribution in [0.3, 0.4) is 0 Å². The van der Waals surface area contributed by atoms with Gasteiger partial charge in [-0.15, -0.1) is 0 Å². The van der Waals surface area contributed by atoms with Crippen molar-refractivity contribution < 1.29 is 38.2 Å². The standard InChI is InChI=1S/C36H48N8O8/c1-22(2)31(40-36(50)52-5)34(48)44-19-7-9-29(44)33(47)39-25-12-16-27(17-13-25)42-41-26-14-10-24(11-15-26)38-32(46)28-8-6-18-43(28)30(45)20-23(3)21-37-35(49)51-4/h10-17,22-23,28-29,31H,6-9,18-21H2,1-5H3,(H,37,49)(H,38,46)(H,39,47)(H,40,50). The molecule has 4 N–H and O–H groups in total. The van der Waals surface area contributed by atoms with Gasteiger partial charge in [-0.05, 0) is 86.1 Å². The minimum atomic E-state index is -0.814. The average Bonchev–Trinajstić information content (AvgIpc) is 3.84. The van der Waals surface area contributed by atoms with Crippen LogP contribution in [0.15, 0.2) is 58.8 Å². The quantitative estimate of drug-likeness (QED) is 0.213. The van der Waals surface area contributed by atoms with Crippen LogP contribution in [0.5, 0.6) is 0 Å². The molecule has 2 aromatic rings. The van der Waals surface area contributed by atoms with Crippen molar-refractivity contribution in [1.29, 1.82) is 0 Å². The topological polar surface area (TPSA) is 200 Å². The second-order valence-corrected chi connectivity index (χ2v) is 13.2. The Morgan fingerprint density at radius 2 is 1.21 bits per heavy atom. The molecule has 4 atom stereocenters. The first kappa shape index (κ1) is 39.2. The maximum absolute atomic E-state index is 13.3. The van der Waals surface area contributed by atoms with Crippen molar-refractivity contribution in [2.75, 3.05) is 44.5 Å². The highest BCUT2D eigenvalue weighted by atomic mass is 16.5. The van der Waals surface area contributed by atoms with Crippen LogP contribution >= 0.6 is 0 Å². The number of benzene rings is 2. The van der Waals surface area contributed by atoms with Crippen LogP contribution in [0.4, 0.5) is 32.3 Å². The maximum atomic E-state index is 13.3. The number of hydrogen-bond acceptors (Lipinski definition) is 10. The number of ether oxygens (including phenoxy) is 2. The van der Waals surface area contributed by atoms with E-state index in [1.807, 2.05) is 20.8 Å². The Hall–Kier alpha value is -5.54. The molecule has 0 radical (unpaired) electrons. The van der Waals surface area contributed by atoms with Gasteiger partial charge in [0.25, 0.3) is 0 Å². The molecule has 16 nitrogen and oxygen atoms in total. The van der Waals surface area contributed by atoms with Crippen LogP contribution in [0.1, 0.15) is 52.9 Å². The van der Waals surface area contributed by atoms with E-state index < -0.39 is 30.3 Å². The van der Waals surface area contributed by atoms with Crippen molar-refractivity contribution in [1.82, 2.24) is 20.4 Å². The number of amides is 6. The molecule has 4 rings (SSSR count). The van der Waals surface area contributed by atoms with Gasteiger partial charge in [0.05, 0.1) is 25.6 Å². The molecule has 16 heteroatoms. The molecule has 0 saturated carbocycles. The Morgan fingerprint density at radius 3 is 1.69 bits per heavy atom. The summed E-state index contributed by atoms with van der Waals surface area (Å²) >= 11 is 0. The minimum Gasteiger partial charge on any atom is -0.453 e. The van der Waals surface area contributed by atoms with Crippen molar-refractivity contribution >= 4 is 58.6 Å². The van der Waals surface area contributed by atoms with Crippen LogP contribution in [0, 0.1) is 11.8 Å². The van der Waals surface area contributed by atoms with E-state index >= 15 is 0 Å². The molecule has 0 aromatic heterocycles. The summed E-state index contributed by atoms with van der Waals surface area (Å²) in [6.45, 7) is 6.68. The van der Waals surface area contributed by atoms with Gasteiger partial charge in [-0.2, -0.15) is 10.2 Å². The van der Waals surface area contributed by atoms with Crippen LogP contribution in [0.25, 0.3) is 0 Å². The highest BCUT2D eigenvalue weighted by Crippen LogP contribution is 2.26. The van der Waals surface area contributed by atoms with E-state index in [2.05, 4.69) is 41.0 Å². The Balaban J connectivity index is 1.27. The van der Waals surface area contributed by atoms with Crippen molar-refractivity contribution in [3.05, 3.63) is 48.5 Å². The van der Waals surface area contributed by atoms with Gasteiger partial charge in [-0.25, -0.2) is 9.59 Å². The number of nitrogens with zero attached hydrogens (tertiary/aromatic N) is 4. The number of azo groups is 1. The Morgan fingerprint density at radius 1 is 0.731 bits per heavy atom. The molecule has 52 heavy (non-hydrogen) atoms. The predicted octanol–water partition coefficient (Wildman–Crippen LogP) is 4.72. The van der Waals surface area contributed by atoms with E-state index in [1.54, 1.807) is 53.4 Å². The third kappa shape index (κ3) is 10.7. The van der Waals surface area contributed by atoms with Gasteiger partial charge in [0.15, 0.2) is 0 Å². The van der Waals surface area contributed by atoms with E-state index in [4.69, 9.17) is 0 Å². The number of nitrogens with one attached hydrogen (secondary N) is 4. The lowest BCUT2D eigenvalue weighted by atomic mass is 10.0. The molecule has 280 valence electrons. The molecule has 2 fully saturated rings. The minimum absolute atomic E-state index is 0.120. The molecule has 0 spiro atoms. The fraction of sp³-hybridized carbons (Fsp3) is 0.500. The lowest BCUT2D eigenvalue weighted by Gasteiger charge is -2.30. The molecule has 4 unspecified atom stereocenters. The second kappa shape index (κ2) is 18.6. The van der Waals surface area contributed by atoms with E-state index in [9.17, 15) is 28.8 Å². The predicted molar refractivity (Wildman–Crippen MR) is 192 cm³/mol. The molecule has 2 heterocycles. The Labute approximate surface area is 303 Å². The number of carbonyl (C=O) groups is 6. The molecule has 2 saturated heterocycles. The highest BCUT2D eigenvalue weighted by Gasteiger charge is 2.39. The van der Waals surface area contributed by atoms with E-state index in [0.29, 0.717) is 61.6 Å². The number of alkyl carbamates (subject to hydrolysis) is 2. The third-order valence-electron chi connectivity index (χ3n) is 8.96. The van der Waals surface area contributed by atoms with Gasteiger partial charge in [-0.1, -0.05) is 20.8 Å². The van der Waals surface area contributed by atoms with Crippen LogP contribution < -0.4 is 21.3 Å². The van der Waals surface area contributed by atoms with Gasteiger partial charge in [0, 0.05) is 37.4 Å². The van der Waals surface area contributed by atoms with E-state index in [-0.39, 0.29) is 41.9 Å². The van der Waals surface area contributed by atoms with E-state index in [0.717, 1.165) is 6.42 Å². The SMILES string of the molecule is COC(=O)NCC(C)CC(=O)N1CCCC1C(=O)Nc1ccc(N=Nc2ccc(NC(=O)C3CCCN3C(=O)C(NC(=O)OC)C(C)C)cc2)cc1. The second-order valence-electron chi connectivity index (χ2n) is 13.2. The molecule has 2 aliphatic heterocycles. The summed E-state index contributed by atoms with van der Waals surface area (Å²) in [4.78, 5) is 78.7. The number of hydrogen-bond donors (Lipinski definition) is 4. The number of likely N-dealkylation sites (tertiary alicyclic amines) is 2. The van der Waals surface area contributed by atoms with Crippen molar-refractivity contribution in [2.24, 2.45) is 22.1 Å². The summed E-state index contributed by atoms with van der Waals surface area (Å²) in [7, 11) is 2.51. The third-order valence-corrected chi connectivity index (χ3v) is 8.96. The van der Waals surface area contributed by atoms with Crippen LogP contribution in [-0.2, 0) is 28.7 Å². The first-order valence-electron chi connectivity index (χ1n) is 17.4. The summed E-state index contributed by atoms with van der Waals surface area (Å²) in [6.07, 6.45) is 1.40. The molecule has 0 aliphatic carbocycles. The van der Waals surface area contributed by atoms with Gasteiger partial charge in [0.1, 0.15) is 18.1 Å². The monoisotopic (exact) mass is 720 g/mol. The largest absolute Gasteiger partial charge is 0.453 e. The molecule has 6 amide bonds. The summed E-state index contributed by atoms with van der Waals surface area (Å²) in [6, 6.07) is 11.6. The Kier molecular flexibility index (Phi) is 14.1. The Bertz CT molecular complexity index is 1610. The van der Waals surface area contributed by atoms with Crippen LogP contribution in [-0.4, -0.2) is 97.6 Å². The molecule has 0 bridgehead atoms. The van der Waals surface area contributed by atoms with Gasteiger partial charge in [-0.3, -0.25) is 19.2 Å². The molecule has 2 aromatic carbocycles. The van der Waals surface area contributed by atoms with Crippen molar-refractivity contribution in [2.45, 2.75) is 71.0 Å². The number of carbonyl (C=O) groups excluding carboxylic acids is 6. The first-order valence-corrected chi connectivity index (χ1v) is 17.4. The zero-order valence-electron chi connectivity index (χ0n) is 30.2. The number of anilines is 2. The molecular weight excluding hydrogens is 672 g/mol. The fourth-order valence-electron chi connectivity index (χ4n) is 6.13. The average molecular weight is 721 g/mol. The van der Waals surface area contributed by atoms with Gasteiger partial charge >= 0.3 is 12.2 Å². The molecule has 2 aliphatic rings. The maximum Gasteiger partial charge on any atom is 0.407 e. The molecular formula is C36H48N8O8. The summed E-state index contributed by atoms with van der Waals surface area (Å²) in [5, 5.41) is 19.4. The van der Waals surface area contributed by atoms with E-state index in [1.165, 1.54) is 19.1 Å². The number of rotatable bonds is 13. The van der Waals surface area contributed by atoms with Crippen molar-refractivity contribution in [3.8, 4) is 0 Å². The lowest BCUT2D eigenvalue weighted by molar-refractivity contribution is -0.139. The van der Waals surface area contributed by atoms with Crippen molar-refractivity contribution in [3.63, 3.8) is 0 Å². The van der Waals surface area contributed by atoms with Crippen LogP contribution in [0.2, 0.25) is 0 Å². The highest BCUT2D eigenvalue weighted by molar-refractivity contribution is 5.99. The zero-order chi connectivity index (χ0) is 37.8. The summed E-state index contributed by atoms with van der Waals surface area (Å²) in [5.74, 6) is -1.37. The van der Waals surface area contributed by atoms with Gasteiger partial charge in [0.2, 0.25) is 23.6 Å². The number of methoxy groups -OCH3 is 2. The smallest absolute Gasteiger partial charge is 0.407 e.